The molecule has 1 aromatic rings. The summed E-state index contributed by atoms with van der Waals surface area (Å²) in [6, 6.07) is 5.25. The minimum atomic E-state index is -0.171. The summed E-state index contributed by atoms with van der Waals surface area (Å²) in [5.74, 6) is 1.23. The van der Waals surface area contributed by atoms with Gasteiger partial charge in [-0.15, -0.1) is 0 Å². The van der Waals surface area contributed by atoms with Gasteiger partial charge in [-0.3, -0.25) is 9.79 Å². The van der Waals surface area contributed by atoms with Crippen molar-refractivity contribution in [2.45, 2.75) is 32.4 Å². The Labute approximate surface area is 161 Å². The van der Waals surface area contributed by atoms with Gasteiger partial charge in [-0.2, -0.15) is 0 Å². The van der Waals surface area contributed by atoms with Crippen LogP contribution in [0.15, 0.2) is 23.2 Å². The summed E-state index contributed by atoms with van der Waals surface area (Å²) < 4.78 is 13.9. The number of carbonyl (C=O) groups excluding carboxylic acids is 1. The Hall–Kier alpha value is -2.15. The van der Waals surface area contributed by atoms with Gasteiger partial charge in [0.2, 0.25) is 5.91 Å². The molecule has 0 aromatic heterocycles. The first-order chi connectivity index (χ1) is 12.9. The van der Waals surface area contributed by atoms with Gasteiger partial charge in [0.15, 0.2) is 5.96 Å². The van der Waals surface area contributed by atoms with Crippen LogP contribution in [0.25, 0.3) is 0 Å². The maximum Gasteiger partial charge on any atom is 0.220 e. The van der Waals surface area contributed by atoms with E-state index in [1.807, 2.05) is 31.1 Å². The molecule has 0 atom stereocenters. The molecule has 0 unspecified atom stereocenters. The third kappa shape index (κ3) is 6.50. The molecule has 1 aliphatic heterocycles. The van der Waals surface area contributed by atoms with Crippen LogP contribution in [0.1, 0.15) is 30.4 Å². The summed E-state index contributed by atoms with van der Waals surface area (Å²) >= 11 is 0. The molecule has 2 N–H and O–H groups in total. The molecule has 0 spiro atoms. The molecule has 7 heteroatoms. The molecule has 1 fully saturated rings. The van der Waals surface area contributed by atoms with Crippen molar-refractivity contribution in [1.82, 2.24) is 20.4 Å². The zero-order valence-electron chi connectivity index (χ0n) is 16.9. The van der Waals surface area contributed by atoms with E-state index in [4.69, 9.17) is 0 Å². The van der Waals surface area contributed by atoms with Gasteiger partial charge in [-0.1, -0.05) is 6.07 Å². The fourth-order valence-electron chi connectivity index (χ4n) is 3.43. The van der Waals surface area contributed by atoms with Crippen molar-refractivity contribution in [2.24, 2.45) is 10.9 Å². The van der Waals surface area contributed by atoms with Crippen LogP contribution in [0, 0.1) is 11.7 Å². The summed E-state index contributed by atoms with van der Waals surface area (Å²) in [5, 5.41) is 6.08. The van der Waals surface area contributed by atoms with Crippen molar-refractivity contribution in [1.29, 1.82) is 0 Å². The Morgan fingerprint density at radius 3 is 2.63 bits per heavy atom. The predicted octanol–water partition coefficient (Wildman–Crippen LogP) is 1.81. The van der Waals surface area contributed by atoms with Gasteiger partial charge in [0.25, 0.3) is 0 Å². The van der Waals surface area contributed by atoms with Crippen LogP contribution >= 0.6 is 0 Å². The molecular formula is C20H32FN5O. The maximum atomic E-state index is 13.9. The first-order valence-electron chi connectivity index (χ1n) is 9.51. The average Bonchev–Trinajstić information content (AvgIpc) is 2.65. The first kappa shape index (κ1) is 21.2. The number of likely N-dealkylation sites (tertiary alicyclic amines) is 1. The lowest BCUT2D eigenvalue weighted by atomic mass is 9.93. The van der Waals surface area contributed by atoms with Crippen molar-refractivity contribution >= 4 is 11.9 Å². The number of piperidine rings is 1. The summed E-state index contributed by atoms with van der Waals surface area (Å²) in [6.07, 6.45) is 2.57. The molecule has 27 heavy (non-hydrogen) atoms. The fourth-order valence-corrected chi connectivity index (χ4v) is 3.43. The molecule has 1 amide bonds. The summed E-state index contributed by atoms with van der Waals surface area (Å²) in [5.41, 5.74) is 1.73. The smallest absolute Gasteiger partial charge is 0.220 e. The van der Waals surface area contributed by atoms with E-state index in [1.54, 1.807) is 14.1 Å². The molecule has 150 valence electrons. The Morgan fingerprint density at radius 2 is 2.04 bits per heavy atom. The van der Waals surface area contributed by atoms with Crippen LogP contribution in [0.3, 0.4) is 0 Å². The number of nitrogens with zero attached hydrogens (tertiary/aromatic N) is 3. The molecule has 0 aliphatic carbocycles. The summed E-state index contributed by atoms with van der Waals surface area (Å²) in [7, 11) is 7.32. The van der Waals surface area contributed by atoms with Gasteiger partial charge in [0, 0.05) is 52.3 Å². The monoisotopic (exact) mass is 377 g/mol. The predicted molar refractivity (Wildman–Crippen MR) is 107 cm³/mol. The van der Waals surface area contributed by atoms with Crippen LogP contribution in [-0.2, 0) is 17.9 Å². The Balaban J connectivity index is 1.88. The summed E-state index contributed by atoms with van der Waals surface area (Å²) in [4.78, 5) is 20.1. The molecule has 0 saturated carbocycles. The topological polar surface area (TPSA) is 60.0 Å². The number of hydrogen-bond acceptors (Lipinski definition) is 3. The Bertz CT molecular complexity index is 654. The lowest BCUT2D eigenvalue weighted by Gasteiger charge is -2.34. The van der Waals surface area contributed by atoms with E-state index in [9.17, 15) is 9.18 Å². The van der Waals surface area contributed by atoms with Crippen molar-refractivity contribution in [2.75, 3.05) is 41.3 Å². The second-order valence-corrected chi connectivity index (χ2v) is 7.37. The van der Waals surface area contributed by atoms with Gasteiger partial charge in [-0.05, 0) is 50.6 Å². The molecule has 0 radical (unpaired) electrons. The number of rotatable bonds is 6. The molecule has 1 aliphatic rings. The molecule has 1 aromatic carbocycles. The Morgan fingerprint density at radius 1 is 1.33 bits per heavy atom. The van der Waals surface area contributed by atoms with Crippen LogP contribution in [-0.4, -0.2) is 62.9 Å². The molecular weight excluding hydrogens is 345 g/mol. The molecule has 2 rings (SSSR count). The lowest BCUT2D eigenvalue weighted by molar-refractivity contribution is -0.121. The maximum absolute atomic E-state index is 13.9. The highest BCUT2D eigenvalue weighted by molar-refractivity contribution is 5.80. The van der Waals surface area contributed by atoms with E-state index < -0.39 is 0 Å². The standard InChI is InChI=1S/C20H32FN5O/c1-22-19(27)12-15-7-9-26(10-8-15)20(23-2)24-13-16-5-6-18(21)17(11-16)14-25(3)4/h5-6,11,15H,7-10,12-14H2,1-4H3,(H,22,27)(H,23,24). The quantitative estimate of drug-likeness (QED) is 0.586. The van der Waals surface area contributed by atoms with Crippen LogP contribution < -0.4 is 10.6 Å². The largest absolute Gasteiger partial charge is 0.359 e. The lowest BCUT2D eigenvalue weighted by Crippen LogP contribution is -2.45. The van der Waals surface area contributed by atoms with Crippen molar-refractivity contribution in [3.8, 4) is 0 Å². The first-order valence-corrected chi connectivity index (χ1v) is 9.51. The van der Waals surface area contributed by atoms with Crippen molar-refractivity contribution in [3.63, 3.8) is 0 Å². The van der Waals surface area contributed by atoms with Crippen LogP contribution in [0.4, 0.5) is 4.39 Å². The average molecular weight is 378 g/mol. The van der Waals surface area contributed by atoms with Gasteiger partial charge >= 0.3 is 0 Å². The minimum absolute atomic E-state index is 0.112. The second kappa shape index (κ2) is 10.3. The highest BCUT2D eigenvalue weighted by Gasteiger charge is 2.23. The van der Waals surface area contributed by atoms with E-state index in [-0.39, 0.29) is 11.7 Å². The molecule has 1 heterocycles. The third-order valence-corrected chi connectivity index (χ3v) is 4.93. The number of amides is 1. The van der Waals surface area contributed by atoms with Crippen molar-refractivity contribution in [3.05, 3.63) is 35.1 Å². The van der Waals surface area contributed by atoms with Gasteiger partial charge < -0.3 is 20.4 Å². The number of aliphatic imine (C=N–C) groups is 1. The SMILES string of the molecule is CN=C(NCc1ccc(F)c(CN(C)C)c1)N1CCC(CC(=O)NC)CC1. The number of hydrogen-bond donors (Lipinski definition) is 2. The number of benzene rings is 1. The van der Waals surface area contributed by atoms with E-state index >= 15 is 0 Å². The van der Waals surface area contributed by atoms with E-state index in [1.165, 1.54) is 6.07 Å². The summed E-state index contributed by atoms with van der Waals surface area (Å²) in [6.45, 7) is 2.95. The second-order valence-electron chi connectivity index (χ2n) is 7.37. The zero-order chi connectivity index (χ0) is 19.8. The van der Waals surface area contributed by atoms with Gasteiger partial charge in [-0.25, -0.2) is 4.39 Å². The molecule has 0 bridgehead atoms. The minimum Gasteiger partial charge on any atom is -0.359 e. The van der Waals surface area contributed by atoms with Crippen LogP contribution in [0.5, 0.6) is 0 Å². The van der Waals surface area contributed by atoms with E-state index in [0.717, 1.165) is 37.5 Å². The number of carbonyl (C=O) groups is 1. The normalized spacial score (nSPS) is 15.9. The Kier molecular flexibility index (Phi) is 8.03. The molecule has 1 saturated heterocycles. The fraction of sp³-hybridized carbons (Fsp3) is 0.600. The highest BCUT2D eigenvalue weighted by Crippen LogP contribution is 2.20. The third-order valence-electron chi connectivity index (χ3n) is 4.93. The highest BCUT2D eigenvalue weighted by atomic mass is 19.1. The number of guanidine groups is 1. The van der Waals surface area contributed by atoms with E-state index in [2.05, 4.69) is 20.5 Å². The van der Waals surface area contributed by atoms with Gasteiger partial charge in [0.05, 0.1) is 0 Å². The molecule has 6 nitrogen and oxygen atoms in total. The number of halogens is 1. The van der Waals surface area contributed by atoms with Crippen LogP contribution in [0.2, 0.25) is 0 Å². The zero-order valence-corrected chi connectivity index (χ0v) is 16.9. The van der Waals surface area contributed by atoms with E-state index in [0.29, 0.717) is 31.0 Å². The van der Waals surface area contributed by atoms with Crippen molar-refractivity contribution < 1.29 is 9.18 Å². The number of nitrogens with one attached hydrogen (secondary N) is 2. The van der Waals surface area contributed by atoms with Gasteiger partial charge in [0.1, 0.15) is 5.82 Å².